The van der Waals surface area contributed by atoms with Gasteiger partial charge in [-0.05, 0) is 36.9 Å². The van der Waals surface area contributed by atoms with Crippen molar-refractivity contribution in [1.29, 1.82) is 0 Å². The summed E-state index contributed by atoms with van der Waals surface area (Å²) >= 11 is 1.60. The van der Waals surface area contributed by atoms with Gasteiger partial charge in [-0.1, -0.05) is 6.07 Å². The molecule has 1 aromatic heterocycles. The lowest BCUT2D eigenvalue weighted by molar-refractivity contribution is -0.126. The van der Waals surface area contributed by atoms with Crippen molar-refractivity contribution in [2.24, 2.45) is 0 Å². The molecule has 1 atom stereocenters. The Bertz CT molecular complexity index is 411. The first-order valence-electron chi connectivity index (χ1n) is 6.64. The number of thiophene rings is 1. The minimum atomic E-state index is -0.0313. The van der Waals surface area contributed by atoms with E-state index in [0.717, 1.165) is 24.3 Å². The molecule has 0 aromatic carbocycles. The summed E-state index contributed by atoms with van der Waals surface area (Å²) in [7, 11) is 0. The van der Waals surface area contributed by atoms with Crippen molar-refractivity contribution in [3.63, 3.8) is 0 Å². The van der Waals surface area contributed by atoms with E-state index in [1.54, 1.807) is 22.3 Å². The van der Waals surface area contributed by atoms with E-state index >= 15 is 0 Å². The van der Waals surface area contributed by atoms with E-state index in [-0.39, 0.29) is 12.5 Å². The van der Waals surface area contributed by atoms with Crippen LogP contribution in [-0.2, 0) is 4.79 Å². The Hall–Kier alpha value is -1.17. The van der Waals surface area contributed by atoms with Gasteiger partial charge in [-0.3, -0.25) is 4.79 Å². The zero-order valence-electron chi connectivity index (χ0n) is 10.9. The highest BCUT2D eigenvalue weighted by Crippen LogP contribution is 2.11. The van der Waals surface area contributed by atoms with Crippen LogP contribution in [0.5, 0.6) is 0 Å². The number of nitrogens with zero attached hydrogens (tertiary/aromatic N) is 1. The van der Waals surface area contributed by atoms with Crippen molar-refractivity contribution in [3.8, 4) is 0 Å². The van der Waals surface area contributed by atoms with E-state index in [9.17, 15) is 4.79 Å². The van der Waals surface area contributed by atoms with Crippen LogP contribution in [-0.4, -0.2) is 48.2 Å². The molecular weight excluding hydrogens is 260 g/mol. The maximum absolute atomic E-state index is 12.1. The fraction of sp³-hybridized carbons (Fsp3) is 0.500. The fourth-order valence-corrected chi connectivity index (χ4v) is 2.85. The molecule has 1 aliphatic heterocycles. The Morgan fingerprint density at radius 2 is 2.53 bits per heavy atom. The van der Waals surface area contributed by atoms with Gasteiger partial charge in [-0.15, -0.1) is 11.3 Å². The molecule has 0 radical (unpaired) electrons. The number of rotatable bonds is 6. The lowest BCUT2D eigenvalue weighted by Gasteiger charge is -2.23. The first kappa shape index (κ1) is 14.2. The molecule has 1 aromatic rings. The van der Waals surface area contributed by atoms with Gasteiger partial charge in [0, 0.05) is 30.1 Å². The molecule has 19 heavy (non-hydrogen) atoms. The number of carbonyl (C=O) groups excluding carboxylic acids is 1. The first-order chi connectivity index (χ1) is 9.29. The molecule has 4 nitrogen and oxygen atoms in total. The Labute approximate surface area is 117 Å². The molecule has 0 aliphatic carbocycles. The lowest BCUT2D eigenvalue weighted by Crippen LogP contribution is -2.41. The maximum atomic E-state index is 12.1. The normalized spacial score (nSPS) is 19.1. The second-order valence-electron chi connectivity index (χ2n) is 4.65. The standard InChI is InChI=1S/C14H20N2O2S/c17-9-8-16(11-12-3-1-7-15-12)14(18)6-5-13-4-2-10-19-13/h2,4-6,10,12,15,17H,1,3,7-9,11H2/b6-5+. The molecule has 104 valence electrons. The van der Waals surface area contributed by atoms with Gasteiger partial charge in [0.05, 0.1) is 6.61 Å². The number of amides is 1. The van der Waals surface area contributed by atoms with Crippen molar-refractivity contribution in [1.82, 2.24) is 10.2 Å². The first-order valence-corrected chi connectivity index (χ1v) is 7.52. The summed E-state index contributed by atoms with van der Waals surface area (Å²) in [4.78, 5) is 14.9. The summed E-state index contributed by atoms with van der Waals surface area (Å²) in [5.74, 6) is -0.0313. The molecule has 1 unspecified atom stereocenters. The van der Waals surface area contributed by atoms with Crippen LogP contribution >= 0.6 is 11.3 Å². The lowest BCUT2D eigenvalue weighted by atomic mass is 10.2. The predicted molar refractivity (Wildman–Crippen MR) is 78.0 cm³/mol. The molecule has 0 bridgehead atoms. The molecule has 2 rings (SSSR count). The third kappa shape index (κ3) is 4.45. The smallest absolute Gasteiger partial charge is 0.246 e. The highest BCUT2D eigenvalue weighted by Gasteiger charge is 2.19. The third-order valence-corrected chi connectivity index (χ3v) is 4.06. The van der Waals surface area contributed by atoms with Crippen LogP contribution in [0.25, 0.3) is 6.08 Å². The SMILES string of the molecule is O=C(/C=C/c1cccs1)N(CCO)CC1CCCN1. The molecule has 2 N–H and O–H groups in total. The molecule has 5 heteroatoms. The minimum Gasteiger partial charge on any atom is -0.395 e. The van der Waals surface area contributed by atoms with Crippen molar-refractivity contribution in [2.45, 2.75) is 18.9 Å². The number of aliphatic hydroxyl groups is 1. The van der Waals surface area contributed by atoms with Gasteiger partial charge >= 0.3 is 0 Å². The predicted octanol–water partition coefficient (Wildman–Crippen LogP) is 1.33. The molecule has 1 fully saturated rings. The van der Waals surface area contributed by atoms with Crippen LogP contribution in [0.2, 0.25) is 0 Å². The van der Waals surface area contributed by atoms with E-state index in [4.69, 9.17) is 5.11 Å². The average molecular weight is 280 g/mol. The van der Waals surface area contributed by atoms with E-state index in [1.807, 2.05) is 23.6 Å². The number of nitrogens with one attached hydrogen (secondary N) is 1. The van der Waals surface area contributed by atoms with Crippen molar-refractivity contribution in [3.05, 3.63) is 28.5 Å². The number of carbonyl (C=O) groups is 1. The minimum absolute atomic E-state index is 0.00526. The summed E-state index contributed by atoms with van der Waals surface area (Å²) in [6.07, 6.45) is 5.69. The molecule has 1 amide bonds. The van der Waals surface area contributed by atoms with Gasteiger partial charge in [0.15, 0.2) is 0 Å². The van der Waals surface area contributed by atoms with Crippen molar-refractivity contribution < 1.29 is 9.90 Å². The van der Waals surface area contributed by atoms with E-state index in [1.165, 1.54) is 0 Å². The van der Waals surface area contributed by atoms with Gasteiger partial charge < -0.3 is 15.3 Å². The van der Waals surface area contributed by atoms with Crippen LogP contribution in [0.4, 0.5) is 0 Å². The van der Waals surface area contributed by atoms with Gasteiger partial charge in [0.1, 0.15) is 0 Å². The van der Waals surface area contributed by atoms with Crippen LogP contribution in [0.15, 0.2) is 23.6 Å². The number of aliphatic hydroxyl groups excluding tert-OH is 1. The molecule has 1 aliphatic rings. The van der Waals surface area contributed by atoms with Gasteiger partial charge in [0.2, 0.25) is 5.91 Å². The van der Waals surface area contributed by atoms with Gasteiger partial charge in [-0.25, -0.2) is 0 Å². The largest absolute Gasteiger partial charge is 0.395 e. The van der Waals surface area contributed by atoms with Crippen LogP contribution in [0.1, 0.15) is 17.7 Å². The molecule has 2 heterocycles. The molecule has 0 spiro atoms. The molecular formula is C14H20N2O2S. The Kier molecular flexibility index (Phi) is 5.57. The summed E-state index contributed by atoms with van der Waals surface area (Å²) < 4.78 is 0. The van der Waals surface area contributed by atoms with Crippen molar-refractivity contribution >= 4 is 23.3 Å². The Morgan fingerprint density at radius 1 is 1.63 bits per heavy atom. The fourth-order valence-electron chi connectivity index (χ4n) is 2.24. The highest BCUT2D eigenvalue weighted by atomic mass is 32.1. The highest BCUT2D eigenvalue weighted by molar-refractivity contribution is 7.10. The second kappa shape index (κ2) is 7.43. The summed E-state index contributed by atoms with van der Waals surface area (Å²) in [6, 6.07) is 4.30. The summed E-state index contributed by atoms with van der Waals surface area (Å²) in [5.41, 5.74) is 0. The molecule has 1 saturated heterocycles. The summed E-state index contributed by atoms with van der Waals surface area (Å²) in [5, 5.41) is 14.4. The topological polar surface area (TPSA) is 52.6 Å². The second-order valence-corrected chi connectivity index (χ2v) is 5.63. The monoisotopic (exact) mass is 280 g/mol. The van der Waals surface area contributed by atoms with Gasteiger partial charge in [-0.2, -0.15) is 0 Å². The van der Waals surface area contributed by atoms with Crippen LogP contribution in [0.3, 0.4) is 0 Å². The Morgan fingerprint density at radius 3 is 3.16 bits per heavy atom. The summed E-state index contributed by atoms with van der Waals surface area (Å²) in [6.45, 7) is 2.10. The van der Waals surface area contributed by atoms with E-state index in [0.29, 0.717) is 19.1 Å². The van der Waals surface area contributed by atoms with E-state index in [2.05, 4.69) is 5.32 Å². The quantitative estimate of drug-likeness (QED) is 0.773. The Balaban J connectivity index is 1.91. The zero-order chi connectivity index (χ0) is 13.5. The maximum Gasteiger partial charge on any atom is 0.246 e. The van der Waals surface area contributed by atoms with Crippen LogP contribution < -0.4 is 5.32 Å². The number of hydrogen-bond donors (Lipinski definition) is 2. The molecule has 0 saturated carbocycles. The van der Waals surface area contributed by atoms with Crippen LogP contribution in [0, 0.1) is 0 Å². The van der Waals surface area contributed by atoms with Crippen molar-refractivity contribution in [2.75, 3.05) is 26.2 Å². The zero-order valence-corrected chi connectivity index (χ0v) is 11.7. The van der Waals surface area contributed by atoms with Gasteiger partial charge in [0.25, 0.3) is 0 Å². The average Bonchev–Trinajstić information content (AvgIpc) is 3.08. The third-order valence-electron chi connectivity index (χ3n) is 3.22. The number of hydrogen-bond acceptors (Lipinski definition) is 4. The van der Waals surface area contributed by atoms with E-state index < -0.39 is 0 Å².